The number of nitriles is 2. The Bertz CT molecular complexity index is 2410. The van der Waals surface area contributed by atoms with Crippen LogP contribution in [0.4, 0.5) is 13.2 Å². The molecule has 328 valence electrons. The molecule has 3 heterocycles. The number of allylic oxidation sites excluding steroid dienone is 2. The van der Waals surface area contributed by atoms with E-state index in [1.807, 2.05) is 19.2 Å². The average molecular weight is 884 g/mol. The van der Waals surface area contributed by atoms with Crippen molar-refractivity contribution < 1.29 is 46.5 Å². The van der Waals surface area contributed by atoms with E-state index in [0.29, 0.717) is 24.7 Å². The monoisotopic (exact) mass is 883 g/mol. The Balaban J connectivity index is 1.19. The molecule has 0 spiro atoms. The molecule has 0 bridgehead atoms. The molecule has 3 aromatic carbocycles. The summed E-state index contributed by atoms with van der Waals surface area (Å²) in [6.07, 6.45) is 8.00. The second kappa shape index (κ2) is 21.7. The number of hydrogen-bond donors (Lipinski definition) is 0. The number of aromatic nitrogens is 3. The Morgan fingerprint density at radius 3 is 2.37 bits per heavy atom. The number of halogens is 3. The van der Waals surface area contributed by atoms with E-state index in [1.54, 1.807) is 30.1 Å². The van der Waals surface area contributed by atoms with Crippen molar-refractivity contribution in [1.82, 2.24) is 24.6 Å². The van der Waals surface area contributed by atoms with Crippen LogP contribution in [0.15, 0.2) is 85.5 Å². The minimum atomic E-state index is -1.92. The summed E-state index contributed by atoms with van der Waals surface area (Å²) in [5, 5.41) is 21.7. The van der Waals surface area contributed by atoms with E-state index < -0.39 is 53.1 Å². The van der Waals surface area contributed by atoms with Gasteiger partial charge in [-0.2, -0.15) is 15.6 Å². The number of nitrogens with zero attached hydrogens (tertiary/aromatic N) is 7. The summed E-state index contributed by atoms with van der Waals surface area (Å²) in [5.74, 6) is -4.25. The van der Waals surface area contributed by atoms with E-state index in [9.17, 15) is 28.4 Å². The van der Waals surface area contributed by atoms with Gasteiger partial charge in [0.15, 0.2) is 11.9 Å². The van der Waals surface area contributed by atoms with E-state index >= 15 is 4.39 Å². The van der Waals surface area contributed by atoms with Gasteiger partial charge in [0.2, 0.25) is 5.91 Å². The zero-order valence-corrected chi connectivity index (χ0v) is 35.3. The maximum atomic E-state index is 16.1. The fourth-order valence-electron chi connectivity index (χ4n) is 6.96. The number of thioether (sulfide) groups is 1. The van der Waals surface area contributed by atoms with Crippen LogP contribution in [0.1, 0.15) is 57.9 Å². The van der Waals surface area contributed by atoms with Crippen LogP contribution in [0.3, 0.4) is 0 Å². The smallest absolute Gasteiger partial charge is 0.339 e. The first-order chi connectivity index (χ1) is 30.4. The normalized spacial score (nSPS) is 18.4. The number of ether oxygens (including phenoxy) is 4. The highest BCUT2D eigenvalue weighted by Gasteiger charge is 2.47. The van der Waals surface area contributed by atoms with Crippen LogP contribution < -0.4 is 0 Å². The van der Waals surface area contributed by atoms with Crippen molar-refractivity contribution in [2.75, 3.05) is 46.4 Å². The molecule has 0 aliphatic carbocycles. The molecule has 1 amide bonds. The molecule has 0 radical (unpaired) electrons. The molecule has 6 rings (SSSR count). The molecule has 18 heteroatoms. The first kappa shape index (κ1) is 46.2. The van der Waals surface area contributed by atoms with Crippen molar-refractivity contribution in [3.8, 4) is 12.1 Å². The van der Waals surface area contributed by atoms with Crippen molar-refractivity contribution in [2.24, 2.45) is 0 Å². The molecule has 63 heavy (non-hydrogen) atoms. The molecule has 14 nitrogen and oxygen atoms in total. The quantitative estimate of drug-likeness (QED) is 0.0960. The van der Waals surface area contributed by atoms with Gasteiger partial charge < -0.3 is 28.7 Å². The van der Waals surface area contributed by atoms with Crippen LogP contribution in [0.2, 0.25) is 0 Å². The summed E-state index contributed by atoms with van der Waals surface area (Å²) >= 11 is 1.26. The van der Waals surface area contributed by atoms with Gasteiger partial charge in [0.1, 0.15) is 36.7 Å². The number of amides is 1. The van der Waals surface area contributed by atoms with Crippen molar-refractivity contribution in [1.29, 1.82) is 10.5 Å². The minimum absolute atomic E-state index is 0.0521. The van der Waals surface area contributed by atoms with Gasteiger partial charge >= 0.3 is 11.9 Å². The molecule has 2 aliphatic rings. The van der Waals surface area contributed by atoms with Crippen molar-refractivity contribution in [3.05, 3.63) is 136 Å². The number of carbonyl (C=O) groups is 3. The lowest BCUT2D eigenvalue weighted by Gasteiger charge is -2.40. The third-order valence-electron chi connectivity index (χ3n) is 10.5. The molecule has 2 saturated heterocycles. The predicted molar refractivity (Wildman–Crippen MR) is 224 cm³/mol. The van der Waals surface area contributed by atoms with E-state index in [0.717, 1.165) is 25.2 Å². The van der Waals surface area contributed by atoms with Gasteiger partial charge in [-0.15, -0.1) is 11.8 Å². The minimum Gasteiger partial charge on any atom is -0.461 e. The number of piperazine rings is 1. The average Bonchev–Trinajstić information content (AvgIpc) is 3.80. The lowest BCUT2D eigenvalue weighted by Crippen LogP contribution is -2.47. The largest absolute Gasteiger partial charge is 0.461 e. The number of esters is 2. The zero-order valence-electron chi connectivity index (χ0n) is 34.5. The van der Waals surface area contributed by atoms with E-state index in [4.69, 9.17) is 24.2 Å². The summed E-state index contributed by atoms with van der Waals surface area (Å²) in [6.45, 7) is 3.90. The maximum Gasteiger partial charge on any atom is 0.339 e. The fraction of sp³-hybridized carbons (Fsp3) is 0.356. The molecule has 2 fully saturated rings. The second-order valence-electron chi connectivity index (χ2n) is 14.9. The van der Waals surface area contributed by atoms with Crippen molar-refractivity contribution in [2.45, 2.75) is 55.3 Å². The molecule has 0 saturated carbocycles. The van der Waals surface area contributed by atoms with E-state index in [-0.39, 0.29) is 71.6 Å². The number of hydrogen-bond acceptors (Lipinski definition) is 13. The lowest BCUT2D eigenvalue weighted by atomic mass is 9.89. The maximum absolute atomic E-state index is 16.1. The number of carbonyl (C=O) groups excluding carboxylic acids is 3. The molecule has 2 atom stereocenters. The Kier molecular flexibility index (Phi) is 15.9. The molecule has 4 aromatic rings. The Hall–Kier alpha value is -6.31. The topological polar surface area (TPSA) is 173 Å². The van der Waals surface area contributed by atoms with E-state index in [2.05, 4.69) is 15.0 Å². The predicted octanol–water partition coefficient (Wildman–Crippen LogP) is 5.92. The Morgan fingerprint density at radius 1 is 0.952 bits per heavy atom. The van der Waals surface area contributed by atoms with Crippen molar-refractivity contribution in [3.63, 3.8) is 0 Å². The zero-order chi connectivity index (χ0) is 44.9. The Morgan fingerprint density at radius 2 is 1.68 bits per heavy atom. The first-order valence-corrected chi connectivity index (χ1v) is 20.9. The highest BCUT2D eigenvalue weighted by Crippen LogP contribution is 2.42. The second-order valence-corrected chi connectivity index (χ2v) is 16.5. The summed E-state index contributed by atoms with van der Waals surface area (Å²) < 4.78 is 69.9. The van der Waals surface area contributed by atoms with Crippen LogP contribution in [0.25, 0.3) is 6.08 Å². The fourth-order valence-corrected chi connectivity index (χ4v) is 8.32. The highest BCUT2D eigenvalue weighted by atomic mass is 32.2. The molecule has 2 unspecified atom stereocenters. The van der Waals surface area contributed by atoms with Crippen LogP contribution in [-0.4, -0.2) is 106 Å². The van der Waals surface area contributed by atoms with Gasteiger partial charge in [0, 0.05) is 60.6 Å². The van der Waals surface area contributed by atoms with Crippen LogP contribution in [-0.2, 0) is 47.3 Å². The number of rotatable bonds is 16. The summed E-state index contributed by atoms with van der Waals surface area (Å²) in [5.41, 5.74) is -1.47. The molecule has 0 N–H and O–H groups in total. The van der Waals surface area contributed by atoms with Gasteiger partial charge in [0.25, 0.3) is 0 Å². The number of benzene rings is 3. The summed E-state index contributed by atoms with van der Waals surface area (Å²) in [7, 11) is 1.97. The lowest BCUT2D eigenvalue weighted by molar-refractivity contribution is -0.147. The van der Waals surface area contributed by atoms with Gasteiger partial charge in [-0.05, 0) is 56.4 Å². The third kappa shape index (κ3) is 12.2. The standard InChI is InChI=1S/C45H44F3N7O7S/c1-30(63-36-25-60-43(61-26-36)6-4-3-5-33-9-7-32(23-50)20-39(33)47)45(27-55-29-51-28-52-55,38-12-11-35(46)21-40(38)48)62-44(58)37-19-31(22-49)8-10-34(37)24-59-42(57)14-13-41(56)54-17-15-53(2)16-18-54/h3-12,19-21,28-30,36,43H,13-18,24-27H2,1-2H3. The van der Waals surface area contributed by atoms with Crippen molar-refractivity contribution >= 4 is 35.7 Å². The summed E-state index contributed by atoms with van der Waals surface area (Å²) in [6, 6.07) is 15.1. The third-order valence-corrected chi connectivity index (χ3v) is 11.9. The highest BCUT2D eigenvalue weighted by molar-refractivity contribution is 8.00. The number of likely N-dealkylation sites (N-methyl/N-ethyl adjacent to an activating group) is 1. The Labute approximate surface area is 366 Å². The van der Waals surface area contributed by atoms with Gasteiger partial charge in [0.05, 0.1) is 60.3 Å². The van der Waals surface area contributed by atoms with Gasteiger partial charge in [-0.1, -0.05) is 30.4 Å². The molecule has 1 aromatic heterocycles. The SMILES string of the molecule is CC(SC1COC(C=CC=Cc2ccc(C#N)cc2F)OC1)C(Cn1cncn1)(OC(=O)c1cc(C#N)ccc1COC(=O)CCC(=O)N1CCN(C)CC1)c1ccc(F)cc1F. The van der Waals surface area contributed by atoms with Crippen LogP contribution >= 0.6 is 11.8 Å². The molecular weight excluding hydrogens is 840 g/mol. The van der Waals surface area contributed by atoms with Crippen LogP contribution in [0, 0.1) is 40.1 Å². The summed E-state index contributed by atoms with van der Waals surface area (Å²) in [4.78, 5) is 47.9. The molecule has 2 aliphatic heterocycles. The van der Waals surface area contributed by atoms with E-state index in [1.165, 1.54) is 71.6 Å². The van der Waals surface area contributed by atoms with Gasteiger partial charge in [-0.25, -0.2) is 27.6 Å². The van der Waals surface area contributed by atoms with Gasteiger partial charge in [-0.3, -0.25) is 9.59 Å². The first-order valence-electron chi connectivity index (χ1n) is 20.0. The molecular formula is C45H44F3N7O7S. The van der Waals surface area contributed by atoms with Crippen LogP contribution in [0.5, 0.6) is 0 Å².